The van der Waals surface area contributed by atoms with E-state index < -0.39 is 15.8 Å². The predicted octanol–water partition coefficient (Wildman–Crippen LogP) is 7.29. The highest BCUT2D eigenvalue weighted by Crippen LogP contribution is 2.41. The van der Waals surface area contributed by atoms with Gasteiger partial charge in [0.1, 0.15) is 35.4 Å². The van der Waals surface area contributed by atoms with E-state index in [2.05, 4.69) is 11.8 Å². The number of phenolic OH excluding ortho intramolecular Hbond substituents is 1. The van der Waals surface area contributed by atoms with E-state index in [1.54, 1.807) is 54.6 Å². The average Bonchev–Trinajstić information content (AvgIpc) is 3.11. The predicted molar refractivity (Wildman–Crippen MR) is 193 cm³/mol. The lowest BCUT2D eigenvalue weighted by atomic mass is 9.99. The van der Waals surface area contributed by atoms with E-state index in [0.29, 0.717) is 43.7 Å². The van der Waals surface area contributed by atoms with Crippen LogP contribution in [0.4, 0.5) is 0 Å². The van der Waals surface area contributed by atoms with E-state index in [1.807, 2.05) is 36.4 Å². The zero-order valence-corrected chi connectivity index (χ0v) is 28.9. The van der Waals surface area contributed by atoms with Crippen molar-refractivity contribution in [1.82, 2.24) is 4.90 Å². The smallest absolute Gasteiger partial charge is 0.335 e. The van der Waals surface area contributed by atoms with Crippen LogP contribution in [0.5, 0.6) is 28.7 Å². The highest BCUT2D eigenvalue weighted by molar-refractivity contribution is 7.90. The van der Waals surface area contributed by atoms with Gasteiger partial charge in [-0.05, 0) is 103 Å². The number of rotatable bonds is 18. The molecule has 2 N–H and O–H groups in total. The van der Waals surface area contributed by atoms with Crippen LogP contribution < -0.4 is 14.2 Å². The number of hydrogen-bond donors (Lipinski definition) is 2. The van der Waals surface area contributed by atoms with Gasteiger partial charge in [0.2, 0.25) is 0 Å². The molecule has 0 spiro atoms. The number of ether oxygens (including phenoxy) is 4. The van der Waals surface area contributed by atoms with E-state index in [9.17, 15) is 18.3 Å². The Kier molecular flexibility index (Phi) is 12.3. The largest absolute Gasteiger partial charge is 0.508 e. The van der Waals surface area contributed by atoms with Crippen LogP contribution in [0.25, 0.3) is 21.9 Å². The van der Waals surface area contributed by atoms with Crippen LogP contribution in [-0.4, -0.2) is 81.8 Å². The minimum Gasteiger partial charge on any atom is -0.508 e. The fourth-order valence-corrected chi connectivity index (χ4v) is 6.00. The van der Waals surface area contributed by atoms with Crippen molar-refractivity contribution in [3.05, 3.63) is 109 Å². The average molecular weight is 700 g/mol. The molecule has 0 aliphatic heterocycles. The summed E-state index contributed by atoms with van der Waals surface area (Å²) in [4.78, 5) is 13.6. The highest BCUT2D eigenvalue weighted by atomic mass is 32.2. The molecular weight excluding hydrogens is 658 g/mol. The van der Waals surface area contributed by atoms with Crippen molar-refractivity contribution in [2.45, 2.75) is 18.2 Å². The van der Waals surface area contributed by atoms with Gasteiger partial charge in [-0.2, -0.15) is 0 Å². The molecule has 0 bridgehead atoms. The molecule has 0 amide bonds. The van der Waals surface area contributed by atoms with Gasteiger partial charge in [0.25, 0.3) is 0 Å². The zero-order chi connectivity index (χ0) is 35.5. The van der Waals surface area contributed by atoms with Gasteiger partial charge in [0, 0.05) is 30.3 Å². The topological polar surface area (TPSA) is 132 Å². The fraction of sp³-hybridized carbons (Fsp3) is 0.256. The first-order valence-electron chi connectivity index (χ1n) is 16.3. The Morgan fingerprint density at radius 2 is 1.50 bits per heavy atom. The van der Waals surface area contributed by atoms with Crippen molar-refractivity contribution in [3.8, 4) is 39.9 Å². The number of likely N-dealkylation sites (N-methyl/N-ethyl adjacent to an activating group) is 1. The first kappa shape index (κ1) is 36.2. The second-order valence-electron chi connectivity index (χ2n) is 11.6. The maximum absolute atomic E-state index is 12.0. The van der Waals surface area contributed by atoms with Gasteiger partial charge >= 0.3 is 5.97 Å². The van der Waals surface area contributed by atoms with Gasteiger partial charge in [-0.15, -0.1) is 0 Å². The molecule has 0 saturated carbocycles. The summed E-state index contributed by atoms with van der Waals surface area (Å²) in [5, 5.41) is 20.7. The second kappa shape index (κ2) is 17.0. The highest BCUT2D eigenvalue weighted by Gasteiger charge is 2.15. The van der Waals surface area contributed by atoms with Crippen molar-refractivity contribution in [3.63, 3.8) is 0 Å². The van der Waals surface area contributed by atoms with Crippen molar-refractivity contribution >= 4 is 26.6 Å². The third kappa shape index (κ3) is 9.97. The van der Waals surface area contributed by atoms with Crippen molar-refractivity contribution < 1.29 is 42.4 Å². The summed E-state index contributed by atoms with van der Waals surface area (Å²) in [5.41, 5.74) is 1.76. The number of aromatic carboxylic acids is 1. The molecule has 5 aromatic rings. The van der Waals surface area contributed by atoms with Gasteiger partial charge in [0.05, 0.1) is 30.3 Å². The Bertz CT molecular complexity index is 2000. The number of carboxylic acids is 1. The number of benzene rings is 5. The van der Waals surface area contributed by atoms with Crippen LogP contribution >= 0.6 is 0 Å². The molecule has 0 fully saturated rings. The standard InChI is InChI=1S/C39H41NO9S/c1-3-40(21-23-46-24-25-48-34-7-4-6-30(27-34)39(42)43)20-5-22-47-32-12-14-33(15-13-32)49-38-36(18-10-29-26-31(41)11-19-37(29)38)28-8-16-35(17-9-28)50(2,44)45/h4,6-19,26-27,41H,3,5,20-25H2,1-2H3,(H,42,43). The van der Waals surface area contributed by atoms with Gasteiger partial charge in [-0.25, -0.2) is 13.2 Å². The number of sulfone groups is 1. The van der Waals surface area contributed by atoms with E-state index in [1.165, 1.54) is 18.4 Å². The lowest BCUT2D eigenvalue weighted by Gasteiger charge is -2.20. The number of aromatic hydroxyl groups is 1. The molecule has 262 valence electrons. The molecule has 0 aliphatic carbocycles. The fourth-order valence-electron chi connectivity index (χ4n) is 5.37. The summed E-state index contributed by atoms with van der Waals surface area (Å²) >= 11 is 0. The quantitative estimate of drug-likeness (QED) is 0.0899. The molecular formula is C39H41NO9S. The first-order valence-corrected chi connectivity index (χ1v) is 18.2. The van der Waals surface area contributed by atoms with Crippen LogP contribution in [0, 0.1) is 0 Å². The maximum Gasteiger partial charge on any atom is 0.335 e. The van der Waals surface area contributed by atoms with Crippen molar-refractivity contribution in [1.29, 1.82) is 0 Å². The minimum absolute atomic E-state index is 0.149. The normalized spacial score (nSPS) is 11.5. The molecule has 0 radical (unpaired) electrons. The number of nitrogens with zero attached hydrogens (tertiary/aromatic N) is 1. The van der Waals surface area contributed by atoms with Crippen LogP contribution in [-0.2, 0) is 14.6 Å². The molecule has 10 nitrogen and oxygen atoms in total. The Morgan fingerprint density at radius 1 is 0.760 bits per heavy atom. The van der Waals surface area contributed by atoms with E-state index in [0.717, 1.165) is 53.7 Å². The number of fused-ring (bicyclic) bond motifs is 1. The number of phenols is 1. The number of hydrogen-bond acceptors (Lipinski definition) is 9. The van der Waals surface area contributed by atoms with Gasteiger partial charge in [-0.1, -0.05) is 31.2 Å². The second-order valence-corrected chi connectivity index (χ2v) is 13.7. The molecule has 0 unspecified atom stereocenters. The molecule has 0 heterocycles. The van der Waals surface area contributed by atoms with Gasteiger partial charge in [-0.3, -0.25) is 0 Å². The lowest BCUT2D eigenvalue weighted by Crippen LogP contribution is -2.29. The monoisotopic (exact) mass is 699 g/mol. The molecule has 5 aromatic carbocycles. The van der Waals surface area contributed by atoms with Crippen LogP contribution in [0.15, 0.2) is 108 Å². The number of carboxylic acid groups (broad SMARTS) is 1. The Balaban J connectivity index is 1.10. The lowest BCUT2D eigenvalue weighted by molar-refractivity contribution is 0.0695. The Hall–Kier alpha value is -5.10. The summed E-state index contributed by atoms with van der Waals surface area (Å²) < 4.78 is 47.7. The van der Waals surface area contributed by atoms with Crippen LogP contribution in [0.3, 0.4) is 0 Å². The minimum atomic E-state index is -3.33. The van der Waals surface area contributed by atoms with Crippen molar-refractivity contribution in [2.75, 3.05) is 52.3 Å². The molecule has 50 heavy (non-hydrogen) atoms. The van der Waals surface area contributed by atoms with Crippen LogP contribution in [0.2, 0.25) is 0 Å². The molecule has 5 rings (SSSR count). The summed E-state index contributed by atoms with van der Waals surface area (Å²) in [6.07, 6.45) is 2.01. The van der Waals surface area contributed by atoms with E-state index >= 15 is 0 Å². The third-order valence-electron chi connectivity index (χ3n) is 8.05. The van der Waals surface area contributed by atoms with Crippen LogP contribution in [0.1, 0.15) is 23.7 Å². The molecule has 0 saturated heterocycles. The van der Waals surface area contributed by atoms with E-state index in [-0.39, 0.29) is 16.2 Å². The SMILES string of the molecule is CCN(CCCOc1ccc(Oc2c(-c3ccc(S(C)(=O)=O)cc3)ccc3cc(O)ccc23)cc1)CCOCCOc1cccc(C(=O)O)c1. The summed E-state index contributed by atoms with van der Waals surface area (Å²) in [6, 6.07) is 29.4. The first-order chi connectivity index (χ1) is 24.1. The zero-order valence-electron chi connectivity index (χ0n) is 28.1. The number of carbonyl (C=O) groups is 1. The molecule has 0 aliphatic rings. The van der Waals surface area contributed by atoms with Gasteiger partial charge in [0.15, 0.2) is 9.84 Å². The summed E-state index contributed by atoms with van der Waals surface area (Å²) in [7, 11) is -3.33. The Labute approximate surface area is 292 Å². The molecule has 11 heteroatoms. The van der Waals surface area contributed by atoms with E-state index in [4.69, 9.17) is 24.1 Å². The molecule has 0 atom stereocenters. The summed E-state index contributed by atoms with van der Waals surface area (Å²) in [5.74, 6) is 1.57. The molecule has 0 aromatic heterocycles. The third-order valence-corrected chi connectivity index (χ3v) is 9.18. The van der Waals surface area contributed by atoms with Gasteiger partial charge < -0.3 is 34.1 Å². The van der Waals surface area contributed by atoms with Crippen molar-refractivity contribution in [2.24, 2.45) is 0 Å². The Morgan fingerprint density at radius 3 is 2.22 bits per heavy atom. The summed E-state index contributed by atoms with van der Waals surface area (Å²) in [6.45, 7) is 6.45. The maximum atomic E-state index is 12.0.